The van der Waals surface area contributed by atoms with Gasteiger partial charge in [0.25, 0.3) is 0 Å². The lowest BCUT2D eigenvalue weighted by Crippen LogP contribution is -2.23. The molecule has 0 radical (unpaired) electrons. The van der Waals surface area contributed by atoms with E-state index in [-0.39, 0.29) is 31.0 Å². The fraction of sp³-hybridized carbons (Fsp3) is 0.515. The minimum Gasteiger partial charge on any atom is -0.490 e. The van der Waals surface area contributed by atoms with Gasteiger partial charge < -0.3 is 24.8 Å². The molecule has 7 heteroatoms. The summed E-state index contributed by atoms with van der Waals surface area (Å²) in [7, 11) is 0. The maximum atomic E-state index is 12.0. The number of unbranched alkanes of at least 4 members (excludes halogenated alkanes) is 1. The molecule has 1 saturated carbocycles. The molecule has 218 valence electrons. The third-order valence-electron chi connectivity index (χ3n) is 7.74. The fourth-order valence-corrected chi connectivity index (χ4v) is 5.37. The third-order valence-corrected chi connectivity index (χ3v) is 7.74. The normalized spacial score (nSPS) is 21.4. The Hall–Kier alpha value is -3.00. The topological polar surface area (TPSA) is 113 Å². The van der Waals surface area contributed by atoms with E-state index >= 15 is 0 Å². The summed E-state index contributed by atoms with van der Waals surface area (Å²) in [6.45, 7) is 2.25. The summed E-state index contributed by atoms with van der Waals surface area (Å²) in [6, 6.07) is 15.3. The van der Waals surface area contributed by atoms with Crippen molar-refractivity contribution in [1.82, 2.24) is 0 Å². The molecule has 7 nitrogen and oxygen atoms in total. The minimum absolute atomic E-state index is 0.0339. The number of esters is 1. The van der Waals surface area contributed by atoms with Crippen LogP contribution in [0.4, 0.5) is 0 Å². The molecule has 1 aliphatic rings. The highest BCUT2D eigenvalue weighted by molar-refractivity contribution is 5.75. The molecule has 0 spiro atoms. The first-order valence-electron chi connectivity index (χ1n) is 14.4. The van der Waals surface area contributed by atoms with E-state index in [1.54, 1.807) is 12.1 Å². The Kier molecular flexibility index (Phi) is 13.4. The van der Waals surface area contributed by atoms with Crippen molar-refractivity contribution in [3.63, 3.8) is 0 Å². The Morgan fingerprint density at radius 1 is 1.02 bits per heavy atom. The van der Waals surface area contributed by atoms with Crippen molar-refractivity contribution < 1.29 is 34.4 Å². The molecule has 0 bridgehead atoms. The molecule has 0 aromatic heterocycles. The van der Waals surface area contributed by atoms with Crippen molar-refractivity contribution in [3.8, 4) is 5.75 Å². The molecule has 0 aliphatic heterocycles. The molecule has 40 heavy (non-hydrogen) atoms. The van der Waals surface area contributed by atoms with E-state index < -0.39 is 18.3 Å². The van der Waals surface area contributed by atoms with Crippen molar-refractivity contribution in [2.45, 2.75) is 83.0 Å². The molecule has 0 heterocycles. The lowest BCUT2D eigenvalue weighted by atomic mass is 9.85. The van der Waals surface area contributed by atoms with E-state index in [0.717, 1.165) is 24.7 Å². The maximum Gasteiger partial charge on any atom is 0.305 e. The molecule has 2 aromatic carbocycles. The van der Waals surface area contributed by atoms with Crippen LogP contribution in [0.3, 0.4) is 0 Å². The number of allylic oxidation sites excluding steroid dienone is 2. The van der Waals surface area contributed by atoms with Gasteiger partial charge in [-0.2, -0.15) is 0 Å². The average Bonchev–Trinajstić information content (AvgIpc) is 3.23. The maximum absolute atomic E-state index is 12.0. The van der Waals surface area contributed by atoms with Gasteiger partial charge in [-0.3, -0.25) is 9.59 Å². The van der Waals surface area contributed by atoms with Gasteiger partial charge in [0.1, 0.15) is 25.2 Å². The van der Waals surface area contributed by atoms with Gasteiger partial charge in [-0.25, -0.2) is 0 Å². The SMILES string of the molecule is Cc1ccc(C=O)cc1OCCOC(=O)CCCC=CCC1C(O)CC(O)C1CCC(O)CCc1ccccc1. The van der Waals surface area contributed by atoms with E-state index in [0.29, 0.717) is 56.3 Å². The average molecular weight is 553 g/mol. The summed E-state index contributed by atoms with van der Waals surface area (Å²) < 4.78 is 10.9. The van der Waals surface area contributed by atoms with Gasteiger partial charge in [0.2, 0.25) is 0 Å². The number of benzene rings is 2. The smallest absolute Gasteiger partial charge is 0.305 e. The molecular formula is C33H44O7. The molecule has 3 N–H and O–H groups in total. The zero-order valence-corrected chi connectivity index (χ0v) is 23.5. The van der Waals surface area contributed by atoms with E-state index in [1.165, 1.54) is 5.56 Å². The predicted molar refractivity (Wildman–Crippen MR) is 154 cm³/mol. The highest BCUT2D eigenvalue weighted by Crippen LogP contribution is 2.38. The fourth-order valence-electron chi connectivity index (χ4n) is 5.37. The Balaban J connectivity index is 1.29. The van der Waals surface area contributed by atoms with Crippen LogP contribution in [0.5, 0.6) is 5.75 Å². The molecule has 5 atom stereocenters. The molecule has 0 amide bonds. The van der Waals surface area contributed by atoms with Gasteiger partial charge in [0.05, 0.1) is 18.3 Å². The van der Waals surface area contributed by atoms with Crippen LogP contribution >= 0.6 is 0 Å². The highest BCUT2D eigenvalue weighted by atomic mass is 16.6. The Labute approximate surface area is 237 Å². The van der Waals surface area contributed by atoms with Crippen LogP contribution < -0.4 is 4.74 Å². The van der Waals surface area contributed by atoms with Gasteiger partial charge >= 0.3 is 5.97 Å². The van der Waals surface area contributed by atoms with E-state index in [1.807, 2.05) is 43.3 Å². The summed E-state index contributed by atoms with van der Waals surface area (Å²) in [5, 5.41) is 31.5. The second-order valence-corrected chi connectivity index (χ2v) is 10.8. The number of carbonyl (C=O) groups excluding carboxylic acids is 2. The van der Waals surface area contributed by atoms with Crippen molar-refractivity contribution in [2.24, 2.45) is 11.8 Å². The van der Waals surface area contributed by atoms with Crippen LogP contribution in [0.1, 0.15) is 72.9 Å². The van der Waals surface area contributed by atoms with Crippen molar-refractivity contribution >= 4 is 12.3 Å². The summed E-state index contributed by atoms with van der Waals surface area (Å²) in [5.74, 6) is 0.254. The number of hydrogen-bond donors (Lipinski definition) is 3. The lowest BCUT2D eigenvalue weighted by molar-refractivity contribution is -0.144. The number of ether oxygens (including phenoxy) is 2. The molecule has 0 saturated heterocycles. The minimum atomic E-state index is -0.550. The Morgan fingerprint density at radius 2 is 1.80 bits per heavy atom. The summed E-state index contributed by atoms with van der Waals surface area (Å²) in [6.07, 6.45) is 8.80. The third kappa shape index (κ3) is 10.5. The number of carbonyl (C=O) groups is 2. The van der Waals surface area contributed by atoms with Gasteiger partial charge in [-0.05, 0) is 87.3 Å². The van der Waals surface area contributed by atoms with Crippen LogP contribution in [0.15, 0.2) is 60.7 Å². The summed E-state index contributed by atoms with van der Waals surface area (Å²) >= 11 is 0. The van der Waals surface area contributed by atoms with E-state index in [4.69, 9.17) is 9.47 Å². The first-order valence-corrected chi connectivity index (χ1v) is 14.4. The predicted octanol–water partition coefficient (Wildman–Crippen LogP) is 4.98. The van der Waals surface area contributed by atoms with Crippen LogP contribution in [0.2, 0.25) is 0 Å². The van der Waals surface area contributed by atoms with Crippen LogP contribution in [0, 0.1) is 18.8 Å². The number of hydrogen-bond acceptors (Lipinski definition) is 7. The number of aldehydes is 1. The molecule has 5 unspecified atom stereocenters. The van der Waals surface area contributed by atoms with E-state index in [9.17, 15) is 24.9 Å². The van der Waals surface area contributed by atoms with Crippen LogP contribution in [-0.4, -0.2) is 59.1 Å². The second kappa shape index (κ2) is 17.0. The zero-order valence-electron chi connectivity index (χ0n) is 23.5. The Morgan fingerprint density at radius 3 is 2.58 bits per heavy atom. The van der Waals surface area contributed by atoms with Gasteiger partial charge in [0, 0.05) is 12.0 Å². The van der Waals surface area contributed by atoms with Gasteiger partial charge in [-0.1, -0.05) is 54.6 Å². The first kappa shape index (κ1) is 31.5. The Bertz CT molecular complexity index is 1070. The molecule has 1 fully saturated rings. The van der Waals surface area contributed by atoms with Gasteiger partial charge in [-0.15, -0.1) is 0 Å². The summed E-state index contributed by atoms with van der Waals surface area (Å²) in [4.78, 5) is 22.9. The monoisotopic (exact) mass is 552 g/mol. The molecule has 3 rings (SSSR count). The standard InChI is InChI=1S/C33H44O7/c1-24-13-14-26(23-34)21-32(24)39-19-20-40-33(38)12-8-3-2-7-11-28-29(31(37)22-30(28)36)18-17-27(35)16-15-25-9-5-4-6-10-25/h2,4-7,9-10,13-14,21,23,27-31,35-37H,3,8,11-12,15-20,22H2,1H3. The summed E-state index contributed by atoms with van der Waals surface area (Å²) in [5.41, 5.74) is 2.65. The number of rotatable bonds is 17. The lowest BCUT2D eigenvalue weighted by Gasteiger charge is -2.23. The number of aliphatic hydroxyl groups excluding tert-OH is 3. The molecular weight excluding hydrogens is 508 g/mol. The van der Waals surface area contributed by atoms with Gasteiger partial charge in [0.15, 0.2) is 0 Å². The van der Waals surface area contributed by atoms with Crippen LogP contribution in [0.25, 0.3) is 0 Å². The molecule has 1 aliphatic carbocycles. The quantitative estimate of drug-likeness (QED) is 0.110. The van der Waals surface area contributed by atoms with Crippen molar-refractivity contribution in [1.29, 1.82) is 0 Å². The van der Waals surface area contributed by atoms with E-state index in [2.05, 4.69) is 12.1 Å². The van der Waals surface area contributed by atoms with Crippen LogP contribution in [-0.2, 0) is 16.0 Å². The number of aryl methyl sites for hydroxylation is 2. The second-order valence-electron chi connectivity index (χ2n) is 10.8. The largest absolute Gasteiger partial charge is 0.490 e. The molecule has 2 aromatic rings. The number of aliphatic hydroxyl groups is 3. The highest BCUT2D eigenvalue weighted by Gasteiger charge is 2.40. The first-order chi connectivity index (χ1) is 19.4. The van der Waals surface area contributed by atoms with Crippen molar-refractivity contribution in [3.05, 3.63) is 77.4 Å². The zero-order chi connectivity index (χ0) is 28.7. The van der Waals surface area contributed by atoms with Crippen molar-refractivity contribution in [2.75, 3.05) is 13.2 Å².